The van der Waals surface area contributed by atoms with Crippen LogP contribution in [0.1, 0.15) is 31.9 Å². The number of amides is 2. The summed E-state index contributed by atoms with van der Waals surface area (Å²) in [7, 11) is 0. The SMILES string of the molecule is CCOc1cc(CNc2ccc(NC(=O)C(C)C)cc2)cc(Cl)c1OCC(=O)Nc1ccc(C)cc1. The Morgan fingerprint density at radius 2 is 1.50 bits per heavy atom. The van der Waals surface area contributed by atoms with Crippen molar-refractivity contribution < 1.29 is 19.1 Å². The third-order valence-electron chi connectivity index (χ3n) is 5.23. The molecule has 0 bridgehead atoms. The summed E-state index contributed by atoms with van der Waals surface area (Å²) in [6.07, 6.45) is 0. The summed E-state index contributed by atoms with van der Waals surface area (Å²) in [5, 5.41) is 9.35. The quantitative estimate of drug-likeness (QED) is 0.283. The minimum Gasteiger partial charge on any atom is -0.490 e. The maximum Gasteiger partial charge on any atom is 0.262 e. The lowest BCUT2D eigenvalue weighted by atomic mass is 10.2. The van der Waals surface area contributed by atoms with Crippen molar-refractivity contribution >= 4 is 40.5 Å². The van der Waals surface area contributed by atoms with Gasteiger partial charge in [-0.3, -0.25) is 9.59 Å². The minimum absolute atomic E-state index is 0.0243. The smallest absolute Gasteiger partial charge is 0.262 e. The van der Waals surface area contributed by atoms with Crippen molar-refractivity contribution in [2.24, 2.45) is 5.92 Å². The summed E-state index contributed by atoms with van der Waals surface area (Å²) in [6, 6.07) is 18.6. The van der Waals surface area contributed by atoms with E-state index in [1.807, 2.05) is 82.3 Å². The highest BCUT2D eigenvalue weighted by Gasteiger charge is 2.15. The summed E-state index contributed by atoms with van der Waals surface area (Å²) < 4.78 is 11.5. The van der Waals surface area contributed by atoms with Gasteiger partial charge in [0.25, 0.3) is 5.91 Å². The van der Waals surface area contributed by atoms with E-state index < -0.39 is 0 Å². The first kappa shape index (κ1) is 26.9. The van der Waals surface area contributed by atoms with Gasteiger partial charge in [-0.05, 0) is 67.9 Å². The predicted molar refractivity (Wildman–Crippen MR) is 145 cm³/mol. The number of nitrogens with one attached hydrogen (secondary N) is 3. The van der Waals surface area contributed by atoms with Crippen LogP contribution < -0.4 is 25.4 Å². The first-order chi connectivity index (χ1) is 17.2. The van der Waals surface area contributed by atoms with Gasteiger partial charge in [-0.15, -0.1) is 0 Å². The topological polar surface area (TPSA) is 88.7 Å². The molecule has 0 heterocycles. The fourth-order valence-electron chi connectivity index (χ4n) is 3.26. The molecule has 0 aliphatic rings. The second-order valence-electron chi connectivity index (χ2n) is 8.62. The number of hydrogen-bond donors (Lipinski definition) is 3. The Balaban J connectivity index is 1.61. The van der Waals surface area contributed by atoms with Gasteiger partial charge < -0.3 is 25.4 Å². The monoisotopic (exact) mass is 509 g/mol. The lowest BCUT2D eigenvalue weighted by Gasteiger charge is -2.16. The van der Waals surface area contributed by atoms with Gasteiger partial charge in [-0.25, -0.2) is 0 Å². The molecule has 0 atom stereocenters. The molecule has 8 heteroatoms. The van der Waals surface area contributed by atoms with Crippen molar-refractivity contribution in [3.8, 4) is 11.5 Å². The van der Waals surface area contributed by atoms with Crippen LogP contribution in [-0.2, 0) is 16.1 Å². The molecule has 0 spiro atoms. The molecule has 0 aromatic heterocycles. The molecule has 0 aliphatic heterocycles. The number of ether oxygens (including phenoxy) is 2. The number of hydrogen-bond acceptors (Lipinski definition) is 5. The Bertz CT molecular complexity index is 1180. The van der Waals surface area contributed by atoms with E-state index in [1.165, 1.54) is 0 Å². The molecule has 3 rings (SSSR count). The number of carbonyl (C=O) groups is 2. The van der Waals surface area contributed by atoms with Crippen molar-refractivity contribution in [1.29, 1.82) is 0 Å². The average Bonchev–Trinajstić information content (AvgIpc) is 2.84. The van der Waals surface area contributed by atoms with E-state index in [-0.39, 0.29) is 24.3 Å². The van der Waals surface area contributed by atoms with Crippen LogP contribution in [-0.4, -0.2) is 25.0 Å². The molecule has 7 nitrogen and oxygen atoms in total. The zero-order valence-corrected chi connectivity index (χ0v) is 21.7. The van der Waals surface area contributed by atoms with Crippen molar-refractivity contribution in [1.82, 2.24) is 0 Å². The molecule has 3 aromatic carbocycles. The number of halogens is 1. The molecular formula is C28H32ClN3O4. The van der Waals surface area contributed by atoms with Gasteiger partial charge in [0.15, 0.2) is 18.1 Å². The second kappa shape index (κ2) is 12.8. The molecule has 2 amide bonds. The molecule has 0 radical (unpaired) electrons. The van der Waals surface area contributed by atoms with Crippen LogP contribution in [0.2, 0.25) is 5.02 Å². The summed E-state index contributed by atoms with van der Waals surface area (Å²) in [5.74, 6) is 0.393. The standard InChI is InChI=1S/C28H32ClN3O4/c1-5-35-25-15-20(16-30-21-10-12-23(13-11-21)32-28(34)18(2)3)14-24(29)27(25)36-17-26(33)31-22-8-6-19(4)7-9-22/h6-15,18,30H,5,16-17H2,1-4H3,(H,31,33)(H,32,34). The maximum absolute atomic E-state index is 12.3. The summed E-state index contributed by atoms with van der Waals surface area (Å²) >= 11 is 6.50. The molecule has 190 valence electrons. The molecule has 0 saturated heterocycles. The van der Waals surface area contributed by atoms with Crippen molar-refractivity contribution in [2.45, 2.75) is 34.2 Å². The third kappa shape index (κ3) is 7.92. The van der Waals surface area contributed by atoms with Gasteiger partial charge in [0, 0.05) is 29.5 Å². The number of carbonyl (C=O) groups excluding carboxylic acids is 2. The van der Waals surface area contributed by atoms with E-state index in [0.717, 1.165) is 22.5 Å². The van der Waals surface area contributed by atoms with Crippen LogP contribution in [0.4, 0.5) is 17.1 Å². The normalized spacial score (nSPS) is 10.6. The van der Waals surface area contributed by atoms with Crippen molar-refractivity contribution in [3.63, 3.8) is 0 Å². The minimum atomic E-state index is -0.295. The van der Waals surface area contributed by atoms with E-state index in [1.54, 1.807) is 6.07 Å². The van der Waals surface area contributed by atoms with Crippen LogP contribution in [0.15, 0.2) is 60.7 Å². The molecule has 3 N–H and O–H groups in total. The highest BCUT2D eigenvalue weighted by Crippen LogP contribution is 2.37. The first-order valence-electron chi connectivity index (χ1n) is 11.8. The average molecular weight is 510 g/mol. The fourth-order valence-corrected chi connectivity index (χ4v) is 3.55. The summed E-state index contributed by atoms with van der Waals surface area (Å²) in [5.41, 5.74) is 4.33. The Morgan fingerprint density at radius 1 is 0.889 bits per heavy atom. The molecule has 0 unspecified atom stereocenters. The molecular weight excluding hydrogens is 478 g/mol. The van der Waals surface area contributed by atoms with Gasteiger partial charge in [0.1, 0.15) is 0 Å². The third-order valence-corrected chi connectivity index (χ3v) is 5.51. The van der Waals surface area contributed by atoms with E-state index in [2.05, 4.69) is 16.0 Å². The van der Waals surface area contributed by atoms with Crippen molar-refractivity contribution in [3.05, 3.63) is 76.8 Å². The molecule has 3 aromatic rings. The van der Waals surface area contributed by atoms with Crippen LogP contribution in [0.5, 0.6) is 11.5 Å². The lowest BCUT2D eigenvalue weighted by molar-refractivity contribution is -0.119. The highest BCUT2D eigenvalue weighted by molar-refractivity contribution is 6.32. The molecule has 0 fully saturated rings. The van der Waals surface area contributed by atoms with Gasteiger partial charge in [-0.1, -0.05) is 43.1 Å². The maximum atomic E-state index is 12.3. The fraction of sp³-hybridized carbons (Fsp3) is 0.286. The van der Waals surface area contributed by atoms with Gasteiger partial charge in [0.2, 0.25) is 5.91 Å². The number of rotatable bonds is 11. The molecule has 36 heavy (non-hydrogen) atoms. The van der Waals surface area contributed by atoms with Crippen LogP contribution >= 0.6 is 11.6 Å². The summed E-state index contributed by atoms with van der Waals surface area (Å²) in [6.45, 7) is 8.26. The summed E-state index contributed by atoms with van der Waals surface area (Å²) in [4.78, 5) is 24.2. The van der Waals surface area contributed by atoms with Crippen molar-refractivity contribution in [2.75, 3.05) is 29.2 Å². The van der Waals surface area contributed by atoms with Crippen LogP contribution in [0, 0.1) is 12.8 Å². The zero-order valence-electron chi connectivity index (χ0n) is 21.0. The van der Waals surface area contributed by atoms with E-state index in [0.29, 0.717) is 35.4 Å². The largest absolute Gasteiger partial charge is 0.490 e. The Morgan fingerprint density at radius 3 is 2.14 bits per heavy atom. The van der Waals surface area contributed by atoms with Crippen LogP contribution in [0.25, 0.3) is 0 Å². The van der Waals surface area contributed by atoms with Gasteiger partial charge >= 0.3 is 0 Å². The van der Waals surface area contributed by atoms with Gasteiger partial charge in [-0.2, -0.15) is 0 Å². The predicted octanol–water partition coefficient (Wildman–Crippen LogP) is 6.27. The Hall–Kier alpha value is -3.71. The number of anilines is 3. The van der Waals surface area contributed by atoms with Crippen LogP contribution in [0.3, 0.4) is 0 Å². The van der Waals surface area contributed by atoms with E-state index in [4.69, 9.17) is 21.1 Å². The second-order valence-corrected chi connectivity index (χ2v) is 9.02. The Labute approximate surface area is 217 Å². The zero-order chi connectivity index (χ0) is 26.1. The van der Waals surface area contributed by atoms with Gasteiger partial charge in [0.05, 0.1) is 11.6 Å². The lowest BCUT2D eigenvalue weighted by Crippen LogP contribution is -2.20. The molecule has 0 aliphatic carbocycles. The number of aryl methyl sites for hydroxylation is 1. The number of benzene rings is 3. The Kier molecular flexibility index (Phi) is 9.59. The molecule has 0 saturated carbocycles. The van der Waals surface area contributed by atoms with E-state index >= 15 is 0 Å². The highest BCUT2D eigenvalue weighted by atomic mass is 35.5. The van der Waals surface area contributed by atoms with E-state index in [9.17, 15) is 9.59 Å². The first-order valence-corrected chi connectivity index (χ1v) is 12.2.